The van der Waals surface area contributed by atoms with Crippen LogP contribution in [0.5, 0.6) is 0 Å². The van der Waals surface area contributed by atoms with E-state index in [9.17, 15) is 4.79 Å². The Morgan fingerprint density at radius 3 is 3.05 bits per heavy atom. The Bertz CT molecular complexity index is 679. The second kappa shape index (κ2) is 6.07. The van der Waals surface area contributed by atoms with Gasteiger partial charge in [0.2, 0.25) is 0 Å². The summed E-state index contributed by atoms with van der Waals surface area (Å²) in [6.07, 6.45) is 4.33. The molecule has 108 valence electrons. The number of hydrogen-bond acceptors (Lipinski definition) is 5. The van der Waals surface area contributed by atoms with Gasteiger partial charge in [0.1, 0.15) is 12.4 Å². The number of hydrogen-bond donors (Lipinski definition) is 1. The lowest BCUT2D eigenvalue weighted by Crippen LogP contribution is -2.49. The summed E-state index contributed by atoms with van der Waals surface area (Å²) < 4.78 is 6.60. The zero-order valence-electron chi connectivity index (χ0n) is 11.1. The van der Waals surface area contributed by atoms with E-state index in [-0.39, 0.29) is 12.1 Å². The normalized spacial score (nSPS) is 15.1. The van der Waals surface area contributed by atoms with Crippen molar-refractivity contribution in [1.29, 1.82) is 0 Å². The molecular formula is C14H13ClN4O2. The molecule has 0 aliphatic carbocycles. The van der Waals surface area contributed by atoms with Gasteiger partial charge in [-0.2, -0.15) is 0 Å². The number of esters is 1. The van der Waals surface area contributed by atoms with Crippen molar-refractivity contribution in [2.75, 3.05) is 13.1 Å². The quantitative estimate of drug-likeness (QED) is 0.686. The maximum atomic E-state index is 11.5. The third kappa shape index (κ3) is 3.48. The van der Waals surface area contributed by atoms with Crippen LogP contribution in [0.25, 0.3) is 17.6 Å². The molecular weight excluding hydrogens is 292 g/mol. The number of carbonyl (C=O) groups is 1. The minimum atomic E-state index is -0.388. The number of rotatable bonds is 4. The molecule has 1 saturated heterocycles. The van der Waals surface area contributed by atoms with Crippen LogP contribution in [0.4, 0.5) is 0 Å². The lowest BCUT2D eigenvalue weighted by molar-refractivity contribution is -0.145. The molecule has 0 saturated carbocycles. The molecule has 1 aromatic heterocycles. The van der Waals surface area contributed by atoms with E-state index < -0.39 is 0 Å². The number of benzene rings is 1. The Labute approximate surface area is 126 Å². The smallest absolute Gasteiger partial charge is 0.332 e. The van der Waals surface area contributed by atoms with E-state index in [1.807, 2.05) is 12.1 Å². The van der Waals surface area contributed by atoms with Crippen LogP contribution in [-0.4, -0.2) is 39.9 Å². The lowest BCUT2D eigenvalue weighted by atomic mass is 10.2. The minimum Gasteiger partial charge on any atom is -0.456 e. The Kier molecular flexibility index (Phi) is 3.98. The van der Waals surface area contributed by atoms with Crippen LogP contribution >= 0.6 is 11.6 Å². The van der Waals surface area contributed by atoms with Crippen molar-refractivity contribution < 1.29 is 9.53 Å². The van der Waals surface area contributed by atoms with Crippen molar-refractivity contribution in [3.63, 3.8) is 0 Å². The van der Waals surface area contributed by atoms with E-state index in [0.717, 1.165) is 5.56 Å². The van der Waals surface area contributed by atoms with Crippen molar-refractivity contribution >= 4 is 23.8 Å². The Morgan fingerprint density at radius 2 is 2.33 bits per heavy atom. The summed E-state index contributed by atoms with van der Waals surface area (Å²) in [6.45, 7) is 1.42. The predicted octanol–water partition coefficient (Wildman–Crippen LogP) is 1.58. The summed E-state index contributed by atoms with van der Waals surface area (Å²) in [5.41, 5.74) is 0.817. The molecule has 1 aliphatic heterocycles. The van der Waals surface area contributed by atoms with Crippen molar-refractivity contribution in [2.45, 2.75) is 6.10 Å². The monoisotopic (exact) mass is 304 g/mol. The summed E-state index contributed by atoms with van der Waals surface area (Å²) in [6, 6.07) is 7.27. The van der Waals surface area contributed by atoms with E-state index in [2.05, 4.69) is 15.4 Å². The molecule has 2 heterocycles. The average molecular weight is 305 g/mol. The molecule has 0 unspecified atom stereocenters. The second-order valence-corrected chi connectivity index (χ2v) is 5.03. The van der Waals surface area contributed by atoms with E-state index in [1.165, 1.54) is 23.3 Å². The summed E-state index contributed by atoms with van der Waals surface area (Å²) in [4.78, 5) is 15.7. The highest BCUT2D eigenvalue weighted by atomic mass is 35.5. The molecule has 1 fully saturated rings. The van der Waals surface area contributed by atoms with Crippen molar-refractivity contribution in [3.05, 3.63) is 41.7 Å². The fraction of sp³-hybridized carbons (Fsp3) is 0.214. The number of aromatic nitrogens is 3. The maximum Gasteiger partial charge on any atom is 0.332 e. The molecule has 0 spiro atoms. The van der Waals surface area contributed by atoms with Gasteiger partial charge in [-0.05, 0) is 12.1 Å². The van der Waals surface area contributed by atoms with Gasteiger partial charge in [0, 0.05) is 36.0 Å². The van der Waals surface area contributed by atoms with E-state index >= 15 is 0 Å². The van der Waals surface area contributed by atoms with E-state index in [4.69, 9.17) is 16.3 Å². The first kappa shape index (κ1) is 13.8. The summed E-state index contributed by atoms with van der Waals surface area (Å²) in [5.74, 6) is 0.153. The highest BCUT2D eigenvalue weighted by Gasteiger charge is 2.19. The number of nitrogens with zero attached hydrogens (tertiary/aromatic N) is 3. The molecule has 1 aromatic carbocycles. The standard InChI is InChI=1S/C14H13ClN4O2/c15-11-3-1-2-10(6-11)14-17-9-19(18-14)5-4-13(20)21-12-7-16-8-12/h1-6,9,12,16H,7-8H2/b5-4+. The van der Waals surface area contributed by atoms with Gasteiger partial charge < -0.3 is 10.1 Å². The van der Waals surface area contributed by atoms with Crippen LogP contribution in [0, 0.1) is 0 Å². The van der Waals surface area contributed by atoms with Gasteiger partial charge in [-0.1, -0.05) is 23.7 Å². The largest absolute Gasteiger partial charge is 0.456 e. The summed E-state index contributed by atoms with van der Waals surface area (Å²) in [7, 11) is 0. The molecule has 6 nitrogen and oxygen atoms in total. The third-order valence-corrected chi connectivity index (χ3v) is 3.22. The highest BCUT2D eigenvalue weighted by Crippen LogP contribution is 2.18. The Hall–Kier alpha value is -2.18. The van der Waals surface area contributed by atoms with Gasteiger partial charge in [-0.25, -0.2) is 14.5 Å². The molecule has 0 amide bonds. The molecule has 0 atom stereocenters. The first-order valence-corrected chi connectivity index (χ1v) is 6.85. The van der Waals surface area contributed by atoms with Gasteiger partial charge in [-0.15, -0.1) is 5.10 Å². The molecule has 3 rings (SSSR count). The van der Waals surface area contributed by atoms with E-state index in [0.29, 0.717) is 23.9 Å². The fourth-order valence-electron chi connectivity index (χ4n) is 1.79. The van der Waals surface area contributed by atoms with E-state index in [1.54, 1.807) is 12.1 Å². The van der Waals surface area contributed by atoms with Crippen molar-refractivity contribution in [2.24, 2.45) is 0 Å². The van der Waals surface area contributed by atoms with Gasteiger partial charge >= 0.3 is 5.97 Å². The molecule has 1 aliphatic rings. The van der Waals surface area contributed by atoms with Crippen LogP contribution in [0.15, 0.2) is 36.7 Å². The van der Waals surface area contributed by atoms with Gasteiger partial charge in [-0.3, -0.25) is 0 Å². The highest BCUT2D eigenvalue weighted by molar-refractivity contribution is 6.30. The lowest BCUT2D eigenvalue weighted by Gasteiger charge is -2.25. The fourth-order valence-corrected chi connectivity index (χ4v) is 1.98. The maximum absolute atomic E-state index is 11.5. The summed E-state index contributed by atoms with van der Waals surface area (Å²) in [5, 5.41) is 7.90. The van der Waals surface area contributed by atoms with Crippen LogP contribution < -0.4 is 5.32 Å². The van der Waals surface area contributed by atoms with Crippen LogP contribution in [0.3, 0.4) is 0 Å². The Morgan fingerprint density at radius 1 is 1.48 bits per heavy atom. The van der Waals surface area contributed by atoms with Gasteiger partial charge in [0.05, 0.1) is 0 Å². The zero-order chi connectivity index (χ0) is 14.7. The topological polar surface area (TPSA) is 69.0 Å². The molecule has 0 radical (unpaired) electrons. The third-order valence-electron chi connectivity index (χ3n) is 2.98. The van der Waals surface area contributed by atoms with Gasteiger partial charge in [0.25, 0.3) is 0 Å². The zero-order valence-corrected chi connectivity index (χ0v) is 11.8. The molecule has 2 aromatic rings. The minimum absolute atomic E-state index is 0.0279. The summed E-state index contributed by atoms with van der Waals surface area (Å²) >= 11 is 5.93. The predicted molar refractivity (Wildman–Crippen MR) is 78.5 cm³/mol. The molecule has 7 heteroatoms. The van der Waals surface area contributed by atoms with Crippen LogP contribution in [0.1, 0.15) is 0 Å². The SMILES string of the molecule is O=C(/C=C/n1cnc(-c2cccc(Cl)c2)n1)OC1CNC1. The van der Waals surface area contributed by atoms with Crippen molar-refractivity contribution in [1.82, 2.24) is 20.1 Å². The van der Waals surface area contributed by atoms with Crippen molar-refractivity contribution in [3.8, 4) is 11.4 Å². The Balaban J connectivity index is 1.65. The molecule has 1 N–H and O–H groups in total. The first-order chi connectivity index (χ1) is 10.2. The van der Waals surface area contributed by atoms with Gasteiger partial charge in [0.15, 0.2) is 5.82 Å². The molecule has 0 bridgehead atoms. The molecule has 21 heavy (non-hydrogen) atoms. The average Bonchev–Trinajstić information content (AvgIpc) is 2.90. The number of ether oxygens (including phenoxy) is 1. The second-order valence-electron chi connectivity index (χ2n) is 4.59. The number of nitrogens with one attached hydrogen (secondary N) is 1. The number of carbonyl (C=O) groups excluding carboxylic acids is 1. The number of halogens is 1. The first-order valence-electron chi connectivity index (χ1n) is 6.47. The van der Waals surface area contributed by atoms with Crippen LogP contribution in [0.2, 0.25) is 5.02 Å². The van der Waals surface area contributed by atoms with Crippen LogP contribution in [-0.2, 0) is 9.53 Å².